The van der Waals surface area contributed by atoms with Gasteiger partial charge in [0.1, 0.15) is 11.5 Å². The molecule has 0 aliphatic rings. The monoisotopic (exact) mass is 454 g/mol. The predicted octanol–water partition coefficient (Wildman–Crippen LogP) is 7.96. The van der Waals surface area contributed by atoms with Crippen LogP contribution in [0.4, 0.5) is 0 Å². The molecule has 4 heteroatoms. The molecule has 33 heavy (non-hydrogen) atoms. The van der Waals surface area contributed by atoms with E-state index in [4.69, 9.17) is 18.9 Å². The van der Waals surface area contributed by atoms with Crippen LogP contribution in [0.1, 0.15) is 81.4 Å². The Bertz CT molecular complexity index is 832. The molecule has 4 nitrogen and oxygen atoms in total. The van der Waals surface area contributed by atoms with Gasteiger partial charge in [-0.1, -0.05) is 76.5 Å². The van der Waals surface area contributed by atoms with Gasteiger partial charge in [-0.2, -0.15) is 0 Å². The van der Waals surface area contributed by atoms with Gasteiger partial charge in [0, 0.05) is 5.56 Å². The van der Waals surface area contributed by atoms with E-state index in [9.17, 15) is 0 Å². The topological polar surface area (TPSA) is 36.9 Å². The molecule has 0 spiro atoms. The van der Waals surface area contributed by atoms with Gasteiger partial charge in [-0.05, 0) is 48.2 Å². The minimum Gasteiger partial charge on any atom is -0.496 e. The van der Waals surface area contributed by atoms with Crippen LogP contribution < -0.4 is 18.9 Å². The van der Waals surface area contributed by atoms with Gasteiger partial charge in [0.05, 0.1) is 28.4 Å². The number of rotatable bonds is 16. The zero-order valence-electron chi connectivity index (χ0n) is 21.2. The minimum atomic E-state index is 0.714. The first-order chi connectivity index (χ1) is 16.2. The van der Waals surface area contributed by atoms with Gasteiger partial charge in [-0.25, -0.2) is 0 Å². The second-order valence-electron chi connectivity index (χ2n) is 8.43. The van der Waals surface area contributed by atoms with Crippen molar-refractivity contribution in [2.24, 2.45) is 0 Å². The highest BCUT2D eigenvalue weighted by molar-refractivity contribution is 5.73. The Labute approximate surface area is 200 Å². The molecule has 0 aromatic heterocycles. The van der Waals surface area contributed by atoms with Crippen LogP contribution >= 0.6 is 0 Å². The van der Waals surface area contributed by atoms with Crippen molar-refractivity contribution in [3.63, 3.8) is 0 Å². The van der Waals surface area contributed by atoms with Gasteiger partial charge < -0.3 is 18.9 Å². The molecule has 0 N–H and O–H groups in total. The zero-order valence-corrected chi connectivity index (χ0v) is 21.2. The van der Waals surface area contributed by atoms with Crippen molar-refractivity contribution < 1.29 is 18.9 Å². The summed E-state index contributed by atoms with van der Waals surface area (Å²) >= 11 is 0. The molecule has 0 aliphatic carbocycles. The molecular formula is C29H42O4. The average Bonchev–Trinajstić information content (AvgIpc) is 2.86. The summed E-state index contributed by atoms with van der Waals surface area (Å²) in [5.74, 6) is 3.21. The highest BCUT2D eigenvalue weighted by atomic mass is 16.5. The quantitative estimate of drug-likeness (QED) is 0.190. The first kappa shape index (κ1) is 26.6. The van der Waals surface area contributed by atoms with E-state index in [1.807, 2.05) is 18.2 Å². The second-order valence-corrected chi connectivity index (χ2v) is 8.43. The fourth-order valence-corrected chi connectivity index (χ4v) is 4.11. The van der Waals surface area contributed by atoms with E-state index < -0.39 is 0 Å². The number of hydrogen-bond donors (Lipinski definition) is 0. The van der Waals surface area contributed by atoms with E-state index in [-0.39, 0.29) is 0 Å². The Kier molecular flexibility index (Phi) is 12.3. The third-order valence-corrected chi connectivity index (χ3v) is 6.04. The number of unbranched alkanes of at least 4 members (excludes halogenated alkanes) is 8. The smallest absolute Gasteiger partial charge is 0.161 e. The van der Waals surface area contributed by atoms with Crippen LogP contribution in [-0.2, 0) is 6.42 Å². The van der Waals surface area contributed by atoms with E-state index in [1.54, 1.807) is 28.4 Å². The summed E-state index contributed by atoms with van der Waals surface area (Å²) in [5, 5.41) is 0. The molecule has 0 saturated heterocycles. The number of methoxy groups -OCH3 is 4. The van der Waals surface area contributed by atoms with Crippen molar-refractivity contribution in [3.8, 4) is 23.0 Å². The van der Waals surface area contributed by atoms with Crippen LogP contribution in [0.2, 0.25) is 0 Å². The lowest BCUT2D eigenvalue weighted by Gasteiger charge is -2.14. The lowest BCUT2D eigenvalue weighted by molar-refractivity contribution is 0.355. The predicted molar refractivity (Wildman–Crippen MR) is 139 cm³/mol. The standard InChI is InChI=1S/C29H42O4/c1-6-7-8-9-10-11-12-13-14-15-25-27(31-3)21-24(22-28(25)32-4)17-16-23-18-19-26(30-2)29(20-23)33-5/h16-22H,6-15H2,1-5H3/b17-16+. The van der Waals surface area contributed by atoms with Crippen LogP contribution in [0.15, 0.2) is 30.3 Å². The van der Waals surface area contributed by atoms with Crippen molar-refractivity contribution in [2.75, 3.05) is 28.4 Å². The molecular weight excluding hydrogens is 412 g/mol. The Morgan fingerprint density at radius 2 is 1.03 bits per heavy atom. The molecule has 2 aromatic carbocycles. The van der Waals surface area contributed by atoms with E-state index in [2.05, 4.69) is 31.2 Å². The summed E-state index contributed by atoms with van der Waals surface area (Å²) in [7, 11) is 6.75. The maximum absolute atomic E-state index is 5.73. The van der Waals surface area contributed by atoms with Gasteiger partial charge in [-0.15, -0.1) is 0 Å². The zero-order chi connectivity index (χ0) is 23.9. The molecule has 2 rings (SSSR count). The maximum Gasteiger partial charge on any atom is 0.161 e. The van der Waals surface area contributed by atoms with Crippen molar-refractivity contribution in [1.29, 1.82) is 0 Å². The Morgan fingerprint density at radius 3 is 1.58 bits per heavy atom. The van der Waals surface area contributed by atoms with Crippen molar-refractivity contribution in [2.45, 2.75) is 71.1 Å². The van der Waals surface area contributed by atoms with E-state index in [0.29, 0.717) is 5.75 Å². The van der Waals surface area contributed by atoms with Crippen LogP contribution in [0, 0.1) is 0 Å². The van der Waals surface area contributed by atoms with E-state index >= 15 is 0 Å². The fraction of sp³-hybridized carbons (Fsp3) is 0.517. The van der Waals surface area contributed by atoms with Crippen molar-refractivity contribution in [1.82, 2.24) is 0 Å². The minimum absolute atomic E-state index is 0.714. The molecule has 0 fully saturated rings. The van der Waals surface area contributed by atoms with Crippen LogP contribution in [-0.4, -0.2) is 28.4 Å². The Morgan fingerprint density at radius 1 is 0.545 bits per heavy atom. The third kappa shape index (κ3) is 8.68. The molecule has 0 amide bonds. The summed E-state index contributed by atoms with van der Waals surface area (Å²) < 4.78 is 22.2. The lowest BCUT2D eigenvalue weighted by Crippen LogP contribution is -1.98. The molecule has 0 atom stereocenters. The summed E-state index contributed by atoms with van der Waals surface area (Å²) in [6, 6.07) is 10.0. The SMILES string of the molecule is CCCCCCCCCCCc1c(OC)cc(/C=C/c2ccc(OC)c(OC)c2)cc1OC. The number of ether oxygens (including phenoxy) is 4. The van der Waals surface area contributed by atoms with Gasteiger partial charge in [-0.3, -0.25) is 0 Å². The first-order valence-electron chi connectivity index (χ1n) is 12.3. The molecule has 0 unspecified atom stereocenters. The third-order valence-electron chi connectivity index (χ3n) is 6.04. The summed E-state index contributed by atoms with van der Waals surface area (Å²) in [6.07, 6.45) is 17.0. The molecule has 0 aliphatic heterocycles. The summed E-state index contributed by atoms with van der Waals surface area (Å²) in [6.45, 7) is 2.27. The Balaban J connectivity index is 1.99. The van der Waals surface area contributed by atoms with Gasteiger partial charge >= 0.3 is 0 Å². The van der Waals surface area contributed by atoms with Gasteiger partial charge in [0.2, 0.25) is 0 Å². The van der Waals surface area contributed by atoms with E-state index in [0.717, 1.165) is 46.8 Å². The first-order valence-corrected chi connectivity index (χ1v) is 12.3. The fourth-order valence-electron chi connectivity index (χ4n) is 4.11. The highest BCUT2D eigenvalue weighted by Crippen LogP contribution is 2.33. The Hall–Kier alpha value is -2.62. The normalized spacial score (nSPS) is 11.1. The molecule has 0 heterocycles. The molecule has 0 saturated carbocycles. The van der Waals surface area contributed by atoms with E-state index in [1.165, 1.54) is 51.4 Å². The molecule has 2 aromatic rings. The maximum atomic E-state index is 5.73. The molecule has 182 valence electrons. The summed E-state index contributed by atoms with van der Waals surface area (Å²) in [4.78, 5) is 0. The van der Waals surface area contributed by atoms with Crippen molar-refractivity contribution >= 4 is 12.2 Å². The van der Waals surface area contributed by atoms with Crippen LogP contribution in [0.25, 0.3) is 12.2 Å². The molecule has 0 radical (unpaired) electrons. The van der Waals surface area contributed by atoms with Crippen molar-refractivity contribution in [3.05, 3.63) is 47.0 Å². The van der Waals surface area contributed by atoms with Gasteiger partial charge in [0.25, 0.3) is 0 Å². The number of benzene rings is 2. The van der Waals surface area contributed by atoms with Gasteiger partial charge in [0.15, 0.2) is 11.5 Å². The average molecular weight is 455 g/mol. The molecule has 0 bridgehead atoms. The van der Waals surface area contributed by atoms with Crippen LogP contribution in [0.5, 0.6) is 23.0 Å². The summed E-state index contributed by atoms with van der Waals surface area (Å²) in [5.41, 5.74) is 3.23. The highest BCUT2D eigenvalue weighted by Gasteiger charge is 2.12. The van der Waals surface area contributed by atoms with Crippen LogP contribution in [0.3, 0.4) is 0 Å². The number of hydrogen-bond acceptors (Lipinski definition) is 4. The lowest BCUT2D eigenvalue weighted by atomic mass is 10.0. The largest absolute Gasteiger partial charge is 0.496 e. The second kappa shape index (κ2) is 15.3.